The molecule has 6 nitrogen and oxygen atoms in total. The molecule has 0 saturated carbocycles. The van der Waals surface area contributed by atoms with Gasteiger partial charge in [-0.2, -0.15) is 0 Å². The van der Waals surface area contributed by atoms with E-state index >= 15 is 0 Å². The predicted octanol–water partition coefficient (Wildman–Crippen LogP) is 3.85. The summed E-state index contributed by atoms with van der Waals surface area (Å²) in [5.41, 5.74) is 0.574. The molecular weight excluding hydrogens is 388 g/mol. The van der Waals surface area contributed by atoms with E-state index in [4.69, 9.17) is 21.1 Å². The number of esters is 1. The Balaban J connectivity index is 1.52. The number of thiazole rings is 1. The van der Waals surface area contributed by atoms with Crippen LogP contribution >= 0.6 is 22.9 Å². The van der Waals surface area contributed by atoms with Crippen molar-refractivity contribution in [2.24, 2.45) is 0 Å². The molecule has 1 aliphatic rings. The van der Waals surface area contributed by atoms with Crippen molar-refractivity contribution in [1.82, 2.24) is 9.88 Å². The maximum absolute atomic E-state index is 12.3. The van der Waals surface area contributed by atoms with Crippen molar-refractivity contribution in [3.63, 3.8) is 0 Å². The maximum Gasteiger partial charge on any atom is 0.350 e. The van der Waals surface area contributed by atoms with Crippen molar-refractivity contribution >= 4 is 34.8 Å². The summed E-state index contributed by atoms with van der Waals surface area (Å²) in [7, 11) is 0. The highest BCUT2D eigenvalue weighted by atomic mass is 35.5. The molecule has 3 rings (SSSR count). The number of benzene rings is 1. The van der Waals surface area contributed by atoms with E-state index in [1.54, 1.807) is 36.1 Å². The lowest BCUT2D eigenvalue weighted by molar-refractivity contribution is -0.135. The van der Waals surface area contributed by atoms with Crippen LogP contribution in [0.5, 0.6) is 5.75 Å². The summed E-state index contributed by atoms with van der Waals surface area (Å²) in [6, 6.07) is 7.02. The third-order valence-corrected chi connectivity index (χ3v) is 5.60. The van der Waals surface area contributed by atoms with E-state index in [9.17, 15) is 9.59 Å². The fourth-order valence-electron chi connectivity index (χ4n) is 2.81. The first-order valence-electron chi connectivity index (χ1n) is 8.82. The van der Waals surface area contributed by atoms with Crippen molar-refractivity contribution in [2.75, 3.05) is 19.7 Å². The van der Waals surface area contributed by atoms with Crippen molar-refractivity contribution in [3.05, 3.63) is 44.9 Å². The van der Waals surface area contributed by atoms with Gasteiger partial charge in [0.1, 0.15) is 22.2 Å². The molecular formula is C19H21ClN2O4S. The van der Waals surface area contributed by atoms with E-state index < -0.39 is 5.97 Å². The second kappa shape index (κ2) is 9.19. The minimum Gasteiger partial charge on any atom is -0.486 e. The number of amides is 1. The van der Waals surface area contributed by atoms with Gasteiger partial charge >= 0.3 is 5.97 Å². The Labute approximate surface area is 167 Å². The van der Waals surface area contributed by atoms with Gasteiger partial charge in [0, 0.05) is 18.1 Å². The number of ether oxygens (including phenoxy) is 2. The van der Waals surface area contributed by atoms with E-state index in [2.05, 4.69) is 4.98 Å². The van der Waals surface area contributed by atoms with Gasteiger partial charge in [-0.15, -0.1) is 11.3 Å². The van der Waals surface area contributed by atoms with Crippen LogP contribution in [-0.4, -0.2) is 41.5 Å². The SMILES string of the molecule is Cc1nc(COc2ccc(Cl)cc2)sc1C(=O)OCC(=O)N1CCCCC1. The molecule has 0 unspecified atom stereocenters. The Bertz CT molecular complexity index is 801. The number of carbonyl (C=O) groups excluding carboxylic acids is 2. The van der Waals surface area contributed by atoms with Crippen LogP contribution in [0.2, 0.25) is 5.02 Å². The summed E-state index contributed by atoms with van der Waals surface area (Å²) in [5, 5.41) is 1.30. The summed E-state index contributed by atoms with van der Waals surface area (Å²) < 4.78 is 10.8. The zero-order chi connectivity index (χ0) is 19.2. The number of aryl methyl sites for hydroxylation is 1. The Morgan fingerprint density at radius 3 is 2.59 bits per heavy atom. The van der Waals surface area contributed by atoms with Gasteiger partial charge in [0.05, 0.1) is 5.69 Å². The van der Waals surface area contributed by atoms with Crippen molar-refractivity contribution in [3.8, 4) is 5.75 Å². The standard InChI is InChI=1S/C19H21ClN2O4S/c1-13-18(19(24)26-12-17(23)22-9-3-2-4-10-22)27-16(21-13)11-25-15-7-5-14(20)6-8-15/h5-8H,2-4,9-12H2,1H3. The van der Waals surface area contributed by atoms with Crippen LogP contribution in [0.3, 0.4) is 0 Å². The summed E-state index contributed by atoms with van der Waals surface area (Å²) in [6.45, 7) is 3.23. The Kier molecular flexibility index (Phi) is 6.68. The zero-order valence-electron chi connectivity index (χ0n) is 15.1. The normalized spacial score (nSPS) is 14.1. The molecule has 0 radical (unpaired) electrons. The minimum atomic E-state index is -0.520. The number of nitrogens with zero attached hydrogens (tertiary/aromatic N) is 2. The first kappa shape index (κ1) is 19.6. The Morgan fingerprint density at radius 1 is 1.19 bits per heavy atom. The molecule has 0 N–H and O–H groups in total. The van der Waals surface area contributed by atoms with Crippen LogP contribution in [0.4, 0.5) is 0 Å². The number of carbonyl (C=O) groups is 2. The van der Waals surface area contributed by atoms with E-state index in [0.717, 1.165) is 32.4 Å². The smallest absolute Gasteiger partial charge is 0.350 e. The number of halogens is 1. The molecule has 1 aliphatic heterocycles. The molecule has 27 heavy (non-hydrogen) atoms. The molecule has 1 aromatic heterocycles. The predicted molar refractivity (Wildman–Crippen MR) is 103 cm³/mol. The molecule has 0 spiro atoms. The molecule has 8 heteroatoms. The summed E-state index contributed by atoms with van der Waals surface area (Å²) >= 11 is 7.06. The van der Waals surface area contributed by atoms with Gasteiger partial charge in [0.25, 0.3) is 5.91 Å². The third-order valence-electron chi connectivity index (χ3n) is 4.24. The number of likely N-dealkylation sites (tertiary alicyclic amines) is 1. The highest BCUT2D eigenvalue weighted by molar-refractivity contribution is 7.13. The van der Waals surface area contributed by atoms with Crippen LogP contribution in [-0.2, 0) is 16.1 Å². The summed E-state index contributed by atoms with van der Waals surface area (Å²) in [4.78, 5) is 30.9. The molecule has 0 bridgehead atoms. The topological polar surface area (TPSA) is 68.7 Å². The van der Waals surface area contributed by atoms with E-state index in [1.165, 1.54) is 11.3 Å². The summed E-state index contributed by atoms with van der Waals surface area (Å²) in [6.07, 6.45) is 3.15. The van der Waals surface area contributed by atoms with Gasteiger partial charge in [-0.25, -0.2) is 9.78 Å². The first-order chi connectivity index (χ1) is 13.0. The van der Waals surface area contributed by atoms with Crippen LogP contribution < -0.4 is 4.74 Å². The van der Waals surface area contributed by atoms with Gasteiger partial charge in [-0.1, -0.05) is 11.6 Å². The fourth-order valence-corrected chi connectivity index (χ4v) is 3.80. The molecule has 1 saturated heterocycles. The largest absolute Gasteiger partial charge is 0.486 e. The van der Waals surface area contributed by atoms with E-state index in [0.29, 0.717) is 26.4 Å². The molecule has 2 heterocycles. The molecule has 0 atom stereocenters. The second-order valence-electron chi connectivity index (χ2n) is 6.28. The van der Waals surface area contributed by atoms with Gasteiger partial charge in [0.2, 0.25) is 0 Å². The number of hydrogen-bond acceptors (Lipinski definition) is 6. The first-order valence-corrected chi connectivity index (χ1v) is 10.0. The van der Waals surface area contributed by atoms with Crippen LogP contribution in [0.1, 0.15) is 39.6 Å². The highest BCUT2D eigenvalue weighted by Gasteiger charge is 2.21. The zero-order valence-corrected chi connectivity index (χ0v) is 16.6. The van der Waals surface area contributed by atoms with Crippen molar-refractivity contribution in [1.29, 1.82) is 0 Å². The van der Waals surface area contributed by atoms with Gasteiger partial charge in [-0.3, -0.25) is 4.79 Å². The second-order valence-corrected chi connectivity index (χ2v) is 7.80. The van der Waals surface area contributed by atoms with Crippen LogP contribution in [0.25, 0.3) is 0 Å². The number of aromatic nitrogens is 1. The average molecular weight is 409 g/mol. The van der Waals surface area contributed by atoms with E-state index in [1.807, 2.05) is 0 Å². The monoisotopic (exact) mass is 408 g/mol. The number of hydrogen-bond donors (Lipinski definition) is 0. The lowest BCUT2D eigenvalue weighted by atomic mass is 10.1. The minimum absolute atomic E-state index is 0.142. The van der Waals surface area contributed by atoms with Gasteiger partial charge in [-0.05, 0) is 50.5 Å². The fraction of sp³-hybridized carbons (Fsp3) is 0.421. The van der Waals surface area contributed by atoms with E-state index in [-0.39, 0.29) is 19.1 Å². The molecule has 1 aromatic carbocycles. The molecule has 1 amide bonds. The molecule has 144 valence electrons. The maximum atomic E-state index is 12.3. The van der Waals surface area contributed by atoms with Crippen LogP contribution in [0, 0.1) is 6.92 Å². The Hall–Kier alpha value is -2.12. The highest BCUT2D eigenvalue weighted by Crippen LogP contribution is 2.22. The van der Waals surface area contributed by atoms with Crippen molar-refractivity contribution < 1.29 is 19.1 Å². The number of piperidine rings is 1. The van der Waals surface area contributed by atoms with Crippen LogP contribution in [0.15, 0.2) is 24.3 Å². The molecule has 0 aliphatic carbocycles. The molecule has 2 aromatic rings. The number of rotatable bonds is 6. The van der Waals surface area contributed by atoms with Gasteiger partial charge < -0.3 is 14.4 Å². The lowest BCUT2D eigenvalue weighted by Gasteiger charge is -2.26. The quantitative estimate of drug-likeness (QED) is 0.679. The third kappa shape index (κ3) is 5.43. The van der Waals surface area contributed by atoms with Crippen molar-refractivity contribution in [2.45, 2.75) is 32.8 Å². The lowest BCUT2D eigenvalue weighted by Crippen LogP contribution is -2.38. The molecule has 1 fully saturated rings. The average Bonchev–Trinajstić information content (AvgIpc) is 3.07. The summed E-state index contributed by atoms with van der Waals surface area (Å²) in [5.74, 6) is 0.00752. The Morgan fingerprint density at radius 2 is 1.89 bits per heavy atom. The van der Waals surface area contributed by atoms with Gasteiger partial charge in [0.15, 0.2) is 6.61 Å².